The van der Waals surface area contributed by atoms with Gasteiger partial charge in [0.25, 0.3) is 0 Å². The van der Waals surface area contributed by atoms with E-state index in [9.17, 15) is 0 Å². The third-order valence-corrected chi connectivity index (χ3v) is 8.97. The van der Waals surface area contributed by atoms with Crippen LogP contribution in [0.1, 0.15) is 146 Å². The summed E-state index contributed by atoms with van der Waals surface area (Å²) in [7, 11) is 0. The number of rotatable bonds is 9. The van der Waals surface area contributed by atoms with Crippen molar-refractivity contribution in [3.05, 3.63) is 21.3 Å². The summed E-state index contributed by atoms with van der Waals surface area (Å²) in [5.41, 5.74) is 0. The monoisotopic (exact) mass is 580 g/mol. The Hall–Kier alpha value is 1.10. The van der Waals surface area contributed by atoms with Crippen LogP contribution < -0.4 is 0 Å². The van der Waals surface area contributed by atoms with Gasteiger partial charge in [0.05, 0.1) is 0 Å². The van der Waals surface area contributed by atoms with Crippen molar-refractivity contribution in [1.82, 2.24) is 0 Å². The fourth-order valence-electron chi connectivity index (χ4n) is 7.18. The zero-order chi connectivity index (χ0) is 26.3. The standard InChI is InChI=1S/C28H52.2C3H8.CH3.Y/c1-9-10-11-24-14-15-27(23(8)22(24)7)28(17-20(4)5)26-13-12-25(16-19(2)3)21(6)18-26;2*1-3-2;;/h19-28H,4-5,9-18H2,1-3,6-8H3;2*3H2,1-2H3;1H3;/q-2;;;-1;+3. The minimum Gasteiger partial charge on any atom is -0.370 e. The van der Waals surface area contributed by atoms with E-state index in [1.54, 1.807) is 0 Å². The fraction of sp³-hybridized carbons (Fsp3) is 0.914. The molecule has 0 amide bonds. The van der Waals surface area contributed by atoms with Gasteiger partial charge in [0.1, 0.15) is 0 Å². The molecule has 0 radical (unpaired) electrons. The third-order valence-electron chi connectivity index (χ3n) is 8.97. The van der Waals surface area contributed by atoms with E-state index in [0.717, 1.165) is 53.3 Å². The normalized spacial score (nSPS) is 30.7. The number of unbranched alkanes of at least 4 members (excludes halogenated alkanes) is 1. The smallest absolute Gasteiger partial charge is 0.370 e. The molecule has 8 atom stereocenters. The van der Waals surface area contributed by atoms with Gasteiger partial charge in [-0.15, -0.1) is 6.42 Å². The van der Waals surface area contributed by atoms with E-state index >= 15 is 0 Å². The molecule has 0 aliphatic heterocycles. The van der Waals surface area contributed by atoms with Gasteiger partial charge in [-0.2, -0.15) is 0 Å². The second-order valence-corrected chi connectivity index (χ2v) is 13.0. The first-order valence-corrected chi connectivity index (χ1v) is 15.7. The quantitative estimate of drug-likeness (QED) is 0.238. The summed E-state index contributed by atoms with van der Waals surface area (Å²) < 4.78 is 0. The predicted octanol–water partition coefficient (Wildman–Crippen LogP) is 12.1. The Balaban J connectivity index is -0.00000124. The Morgan fingerprint density at radius 3 is 1.75 bits per heavy atom. The predicted molar refractivity (Wildman–Crippen MR) is 164 cm³/mol. The van der Waals surface area contributed by atoms with E-state index in [4.69, 9.17) is 0 Å². The molecule has 0 saturated heterocycles. The first kappa shape index (κ1) is 41.6. The van der Waals surface area contributed by atoms with Crippen molar-refractivity contribution in [3.8, 4) is 0 Å². The van der Waals surface area contributed by atoms with Crippen LogP contribution in [-0.4, -0.2) is 0 Å². The van der Waals surface area contributed by atoms with E-state index in [2.05, 4.69) is 83.1 Å². The van der Waals surface area contributed by atoms with E-state index in [0.29, 0.717) is 5.92 Å². The van der Waals surface area contributed by atoms with E-state index < -0.39 is 0 Å². The zero-order valence-electron chi connectivity index (χ0n) is 27.3. The fourth-order valence-corrected chi connectivity index (χ4v) is 7.18. The summed E-state index contributed by atoms with van der Waals surface area (Å²) in [4.78, 5) is 0. The van der Waals surface area contributed by atoms with E-state index in [1.165, 1.54) is 77.0 Å². The summed E-state index contributed by atoms with van der Waals surface area (Å²) in [5, 5.41) is 0. The maximum Gasteiger partial charge on any atom is 3.00 e. The molecule has 0 aromatic rings. The molecule has 2 aliphatic carbocycles. The largest absolute Gasteiger partial charge is 3.00 e. The molecule has 214 valence electrons. The summed E-state index contributed by atoms with van der Waals surface area (Å²) in [6.07, 6.45) is 16.8. The van der Waals surface area contributed by atoms with Gasteiger partial charge in [0, 0.05) is 0 Å². The van der Waals surface area contributed by atoms with Crippen LogP contribution in [0.3, 0.4) is 0 Å². The van der Waals surface area contributed by atoms with Crippen molar-refractivity contribution < 1.29 is 32.7 Å². The van der Waals surface area contributed by atoms with Gasteiger partial charge in [0.2, 0.25) is 0 Å². The van der Waals surface area contributed by atoms with Gasteiger partial charge in [-0.3, -0.25) is 0 Å². The molecule has 0 N–H and O–H groups in total. The average molecular weight is 581 g/mol. The summed E-state index contributed by atoms with van der Waals surface area (Å²) in [5.74, 6) is 8.54. The molecule has 2 rings (SSSR count). The van der Waals surface area contributed by atoms with Gasteiger partial charge >= 0.3 is 32.7 Å². The summed E-state index contributed by atoms with van der Waals surface area (Å²) in [6.45, 7) is 32.0. The van der Waals surface area contributed by atoms with Gasteiger partial charge in [-0.05, 0) is 91.8 Å². The molecule has 0 heterocycles. The maximum absolute atomic E-state index is 4.33. The zero-order valence-corrected chi connectivity index (χ0v) is 30.1. The Morgan fingerprint density at radius 2 is 1.31 bits per heavy atom. The van der Waals surface area contributed by atoms with Crippen LogP contribution >= 0.6 is 0 Å². The van der Waals surface area contributed by atoms with E-state index in [1.807, 2.05) is 0 Å². The topological polar surface area (TPSA) is 0 Å². The molecule has 36 heavy (non-hydrogen) atoms. The summed E-state index contributed by atoms with van der Waals surface area (Å²) in [6, 6.07) is 0. The van der Waals surface area contributed by atoms with Crippen LogP contribution in [0.2, 0.25) is 0 Å². The second kappa shape index (κ2) is 23.9. The average Bonchev–Trinajstić information content (AvgIpc) is 2.75. The molecule has 8 unspecified atom stereocenters. The van der Waals surface area contributed by atoms with Crippen molar-refractivity contribution in [3.63, 3.8) is 0 Å². The number of hydrogen-bond donors (Lipinski definition) is 0. The van der Waals surface area contributed by atoms with E-state index in [-0.39, 0.29) is 40.1 Å². The SMILES string of the molecule is CCC.CCC.[CH2-]C([CH2-])CC(C1CCC(CC(C)C)C(C)C1)C1CCC(CCCC)C(C)C1C.[CH3-].[Y+3]. The third kappa shape index (κ3) is 15.6. The van der Waals surface area contributed by atoms with Gasteiger partial charge in [-0.25, -0.2) is 0 Å². The molecule has 0 aromatic heterocycles. The van der Waals surface area contributed by atoms with Crippen molar-refractivity contribution in [2.45, 2.75) is 146 Å². The molecular weight excluding hydrogens is 509 g/mol. The molecule has 2 fully saturated rings. The molecule has 0 aromatic carbocycles. The van der Waals surface area contributed by atoms with Crippen molar-refractivity contribution >= 4 is 0 Å². The summed E-state index contributed by atoms with van der Waals surface area (Å²) >= 11 is 0. The van der Waals surface area contributed by atoms with Gasteiger partial charge in [0.15, 0.2) is 0 Å². The minimum atomic E-state index is 0. The Morgan fingerprint density at radius 1 is 0.778 bits per heavy atom. The molecule has 0 bridgehead atoms. The van der Waals surface area contributed by atoms with Crippen LogP contribution in [0.4, 0.5) is 0 Å². The van der Waals surface area contributed by atoms with Gasteiger partial charge in [-0.1, -0.05) is 101 Å². The van der Waals surface area contributed by atoms with Crippen LogP contribution in [0.25, 0.3) is 0 Å². The van der Waals surface area contributed by atoms with Gasteiger partial charge < -0.3 is 27.2 Å². The minimum absolute atomic E-state index is 0. The molecular formula is C35H71Y. The maximum atomic E-state index is 4.33. The molecule has 0 spiro atoms. The Kier molecular flexibility index (Phi) is 27.7. The van der Waals surface area contributed by atoms with Crippen LogP contribution in [0.15, 0.2) is 0 Å². The van der Waals surface area contributed by atoms with Crippen molar-refractivity contribution in [1.29, 1.82) is 0 Å². The second-order valence-electron chi connectivity index (χ2n) is 13.0. The molecule has 2 aliphatic rings. The number of hydrogen-bond acceptors (Lipinski definition) is 0. The molecule has 1 heteroatoms. The van der Waals surface area contributed by atoms with Crippen molar-refractivity contribution in [2.24, 2.45) is 59.2 Å². The Bertz CT molecular complexity index is 454. The Labute approximate surface area is 258 Å². The first-order chi connectivity index (χ1) is 16.1. The molecule has 0 nitrogen and oxygen atoms in total. The molecule has 2 saturated carbocycles. The first-order valence-electron chi connectivity index (χ1n) is 15.7. The van der Waals surface area contributed by atoms with Crippen LogP contribution in [-0.2, 0) is 32.7 Å². The van der Waals surface area contributed by atoms with Crippen LogP contribution in [0, 0.1) is 80.5 Å². The van der Waals surface area contributed by atoms with Crippen molar-refractivity contribution in [2.75, 3.05) is 0 Å². The van der Waals surface area contributed by atoms with Crippen LogP contribution in [0.5, 0.6) is 0 Å².